The molecule has 5 heteroatoms. The maximum absolute atomic E-state index is 12.3. The van der Waals surface area contributed by atoms with Crippen LogP contribution < -0.4 is 10.2 Å². The summed E-state index contributed by atoms with van der Waals surface area (Å²) in [6, 6.07) is 19.1. The Balaban J connectivity index is 1.65. The fourth-order valence-corrected chi connectivity index (χ4v) is 2.99. The molecule has 0 bridgehead atoms. The van der Waals surface area contributed by atoms with Crippen LogP contribution in [0.5, 0.6) is 0 Å². The highest BCUT2D eigenvalue weighted by Gasteiger charge is 2.14. The highest BCUT2D eigenvalue weighted by Crippen LogP contribution is 2.24. The van der Waals surface area contributed by atoms with E-state index in [0.29, 0.717) is 12.1 Å². The van der Waals surface area contributed by atoms with Gasteiger partial charge in [-0.25, -0.2) is 0 Å². The lowest BCUT2D eigenvalue weighted by atomic mass is 10.0. The largest absolute Gasteiger partial charge is 0.348 e. The molecule has 0 spiro atoms. The average Bonchev–Trinajstić information content (AvgIpc) is 2.77. The summed E-state index contributed by atoms with van der Waals surface area (Å²) >= 11 is 0. The molecule has 0 atom stereocenters. The summed E-state index contributed by atoms with van der Waals surface area (Å²) < 4.78 is 0. The van der Waals surface area contributed by atoms with E-state index in [-0.39, 0.29) is 17.7 Å². The summed E-state index contributed by atoms with van der Waals surface area (Å²) in [6.07, 6.45) is 3.44. The number of pyridine rings is 1. The van der Waals surface area contributed by atoms with Crippen molar-refractivity contribution in [3.8, 4) is 11.1 Å². The molecule has 3 aromatic rings. The third-order valence-corrected chi connectivity index (χ3v) is 4.74. The van der Waals surface area contributed by atoms with E-state index in [0.717, 1.165) is 22.4 Å². The van der Waals surface area contributed by atoms with Crippen molar-refractivity contribution in [3.63, 3.8) is 0 Å². The first-order valence-corrected chi connectivity index (χ1v) is 9.61. The fourth-order valence-electron chi connectivity index (χ4n) is 2.99. The molecule has 0 saturated carbocycles. The SMILES string of the molecule is CC(C)C(=O)N(C)c1ccc(-c2ccc(C(=O)NCc3cccnc3)cc2)cc1. The monoisotopic (exact) mass is 387 g/mol. The molecule has 0 unspecified atom stereocenters. The quantitative estimate of drug-likeness (QED) is 0.686. The summed E-state index contributed by atoms with van der Waals surface area (Å²) in [6.45, 7) is 4.22. The second-order valence-corrected chi connectivity index (χ2v) is 7.22. The summed E-state index contributed by atoms with van der Waals surface area (Å²) in [5.41, 5.74) is 4.47. The second-order valence-electron chi connectivity index (χ2n) is 7.22. The standard InChI is InChI=1S/C24H25N3O2/c1-17(2)24(29)27(3)22-12-10-20(11-13-22)19-6-8-21(9-7-19)23(28)26-16-18-5-4-14-25-15-18/h4-15,17H,16H2,1-3H3,(H,26,28). The van der Waals surface area contributed by atoms with Crippen LogP contribution in [0.1, 0.15) is 29.8 Å². The minimum Gasteiger partial charge on any atom is -0.348 e. The van der Waals surface area contributed by atoms with Gasteiger partial charge in [-0.05, 0) is 47.0 Å². The highest BCUT2D eigenvalue weighted by molar-refractivity contribution is 5.95. The van der Waals surface area contributed by atoms with E-state index in [1.165, 1.54) is 0 Å². The van der Waals surface area contributed by atoms with E-state index < -0.39 is 0 Å². The first-order chi connectivity index (χ1) is 14.0. The Morgan fingerprint density at radius 3 is 2.14 bits per heavy atom. The van der Waals surface area contributed by atoms with Gasteiger partial charge >= 0.3 is 0 Å². The Kier molecular flexibility index (Phi) is 6.39. The van der Waals surface area contributed by atoms with Crippen LogP contribution in [0.3, 0.4) is 0 Å². The number of aromatic nitrogens is 1. The van der Waals surface area contributed by atoms with Crippen molar-refractivity contribution < 1.29 is 9.59 Å². The van der Waals surface area contributed by atoms with Gasteiger partial charge in [-0.1, -0.05) is 44.2 Å². The normalized spacial score (nSPS) is 10.6. The van der Waals surface area contributed by atoms with Gasteiger partial charge in [-0.2, -0.15) is 0 Å². The molecule has 1 aromatic heterocycles. The van der Waals surface area contributed by atoms with Crippen LogP contribution in [0, 0.1) is 5.92 Å². The Hall–Kier alpha value is -3.47. The van der Waals surface area contributed by atoms with Gasteiger partial charge in [0.05, 0.1) is 0 Å². The fraction of sp³-hybridized carbons (Fsp3) is 0.208. The molecule has 0 radical (unpaired) electrons. The summed E-state index contributed by atoms with van der Waals surface area (Å²) in [7, 11) is 1.79. The van der Waals surface area contributed by atoms with Gasteiger partial charge < -0.3 is 10.2 Å². The molecule has 1 heterocycles. The third kappa shape index (κ3) is 5.08. The van der Waals surface area contributed by atoms with Crippen LogP contribution in [0.4, 0.5) is 5.69 Å². The first kappa shape index (κ1) is 20.3. The van der Waals surface area contributed by atoms with Crippen LogP contribution in [0.15, 0.2) is 73.1 Å². The van der Waals surface area contributed by atoms with E-state index in [9.17, 15) is 9.59 Å². The van der Waals surface area contributed by atoms with Crippen molar-refractivity contribution in [2.24, 2.45) is 5.92 Å². The Labute approximate surface area is 171 Å². The van der Waals surface area contributed by atoms with Gasteiger partial charge in [-0.15, -0.1) is 0 Å². The number of hydrogen-bond acceptors (Lipinski definition) is 3. The summed E-state index contributed by atoms with van der Waals surface area (Å²) in [4.78, 5) is 30.2. The number of benzene rings is 2. The molecule has 3 rings (SSSR count). The lowest BCUT2D eigenvalue weighted by Gasteiger charge is -2.19. The number of amides is 2. The summed E-state index contributed by atoms with van der Waals surface area (Å²) in [5.74, 6) is -0.0829. The zero-order chi connectivity index (χ0) is 20.8. The van der Waals surface area contributed by atoms with Crippen molar-refractivity contribution >= 4 is 17.5 Å². The number of rotatable bonds is 6. The molecule has 148 valence electrons. The van der Waals surface area contributed by atoms with Gasteiger partial charge in [0.25, 0.3) is 5.91 Å². The Morgan fingerprint density at radius 1 is 0.966 bits per heavy atom. The lowest BCUT2D eigenvalue weighted by molar-refractivity contribution is -0.121. The van der Waals surface area contributed by atoms with E-state index in [1.54, 1.807) is 24.3 Å². The van der Waals surface area contributed by atoms with Gasteiger partial charge in [-0.3, -0.25) is 14.6 Å². The third-order valence-electron chi connectivity index (χ3n) is 4.74. The zero-order valence-electron chi connectivity index (χ0n) is 16.9. The van der Waals surface area contributed by atoms with Crippen molar-refractivity contribution in [2.45, 2.75) is 20.4 Å². The number of nitrogens with one attached hydrogen (secondary N) is 1. The van der Waals surface area contributed by atoms with E-state index >= 15 is 0 Å². The van der Waals surface area contributed by atoms with Gasteiger partial charge in [0.2, 0.25) is 5.91 Å². The maximum atomic E-state index is 12.3. The van der Waals surface area contributed by atoms with Crippen LogP contribution in [-0.4, -0.2) is 23.8 Å². The van der Waals surface area contributed by atoms with Crippen molar-refractivity contribution in [1.29, 1.82) is 0 Å². The van der Waals surface area contributed by atoms with Crippen LogP contribution in [0.25, 0.3) is 11.1 Å². The number of nitrogens with zero attached hydrogens (tertiary/aromatic N) is 2. The number of hydrogen-bond donors (Lipinski definition) is 1. The molecule has 2 amide bonds. The Bertz CT molecular complexity index is 965. The molecule has 0 saturated heterocycles. The second kappa shape index (κ2) is 9.15. The highest BCUT2D eigenvalue weighted by atomic mass is 16.2. The van der Waals surface area contributed by atoms with Crippen molar-refractivity contribution in [2.75, 3.05) is 11.9 Å². The van der Waals surface area contributed by atoms with Crippen LogP contribution in [-0.2, 0) is 11.3 Å². The maximum Gasteiger partial charge on any atom is 0.251 e. The average molecular weight is 387 g/mol. The van der Waals surface area contributed by atoms with Crippen LogP contribution >= 0.6 is 0 Å². The molecule has 0 fully saturated rings. The molecular weight excluding hydrogens is 362 g/mol. The predicted molar refractivity (Wildman–Crippen MR) is 116 cm³/mol. The topological polar surface area (TPSA) is 62.3 Å². The zero-order valence-corrected chi connectivity index (χ0v) is 16.9. The molecule has 1 N–H and O–H groups in total. The molecular formula is C24H25N3O2. The van der Waals surface area contributed by atoms with Gasteiger partial charge in [0, 0.05) is 43.2 Å². The van der Waals surface area contributed by atoms with E-state index in [1.807, 2.05) is 74.5 Å². The predicted octanol–water partition coefficient (Wildman–Crippen LogP) is 4.30. The molecule has 0 aliphatic carbocycles. The van der Waals surface area contributed by atoms with E-state index in [2.05, 4.69) is 10.3 Å². The first-order valence-electron chi connectivity index (χ1n) is 9.61. The smallest absolute Gasteiger partial charge is 0.251 e. The molecule has 0 aliphatic rings. The minimum atomic E-state index is -0.121. The molecule has 29 heavy (non-hydrogen) atoms. The van der Waals surface area contributed by atoms with Crippen molar-refractivity contribution in [1.82, 2.24) is 10.3 Å². The van der Waals surface area contributed by atoms with Crippen molar-refractivity contribution in [3.05, 3.63) is 84.2 Å². The Morgan fingerprint density at radius 2 is 1.59 bits per heavy atom. The van der Waals surface area contributed by atoms with Crippen LogP contribution in [0.2, 0.25) is 0 Å². The number of anilines is 1. The summed E-state index contributed by atoms with van der Waals surface area (Å²) in [5, 5.41) is 2.90. The minimum absolute atomic E-state index is 0.0449. The van der Waals surface area contributed by atoms with Gasteiger partial charge in [0.15, 0.2) is 0 Å². The van der Waals surface area contributed by atoms with Gasteiger partial charge in [0.1, 0.15) is 0 Å². The molecule has 5 nitrogen and oxygen atoms in total. The number of carbonyl (C=O) groups is 2. The lowest BCUT2D eigenvalue weighted by Crippen LogP contribution is -2.30. The molecule has 0 aliphatic heterocycles. The van der Waals surface area contributed by atoms with E-state index in [4.69, 9.17) is 0 Å². The number of carbonyl (C=O) groups excluding carboxylic acids is 2. The molecule has 2 aromatic carbocycles.